The molecule has 0 atom stereocenters. The highest BCUT2D eigenvalue weighted by Gasteiger charge is 2.20. The molecule has 1 aliphatic carbocycles. The third kappa shape index (κ3) is 4.92. The molecule has 0 unspecified atom stereocenters. The highest BCUT2D eigenvalue weighted by molar-refractivity contribution is 9.10. The largest absolute Gasteiger partial charge is 0.370 e. The van der Waals surface area contributed by atoms with Crippen LogP contribution in [0, 0.1) is 0 Å². The monoisotopic (exact) mass is 346 g/mol. The first-order valence-corrected chi connectivity index (χ1v) is 8.09. The van der Waals surface area contributed by atoms with Crippen LogP contribution in [0.25, 0.3) is 0 Å². The van der Waals surface area contributed by atoms with Gasteiger partial charge in [0.05, 0.1) is 24.6 Å². The number of pyridine rings is 1. The molecule has 3 rings (SSSR count). The summed E-state index contributed by atoms with van der Waals surface area (Å²) in [6.07, 6.45) is 2.60. The van der Waals surface area contributed by atoms with Gasteiger partial charge in [-0.2, -0.15) is 0 Å². The zero-order valence-electron chi connectivity index (χ0n) is 11.9. The van der Waals surface area contributed by atoms with E-state index in [0.717, 1.165) is 28.0 Å². The van der Waals surface area contributed by atoms with Crippen molar-refractivity contribution in [3.63, 3.8) is 0 Å². The van der Waals surface area contributed by atoms with Gasteiger partial charge >= 0.3 is 0 Å². The maximum Gasteiger partial charge on any atom is 0.0892 e. The van der Waals surface area contributed by atoms with E-state index >= 15 is 0 Å². The predicted octanol–water partition coefficient (Wildman–Crippen LogP) is 3.81. The molecule has 1 aromatic heterocycles. The Bertz CT molecular complexity index is 599. The topological polar surface area (TPSA) is 34.1 Å². The predicted molar refractivity (Wildman–Crippen MR) is 86.7 cm³/mol. The van der Waals surface area contributed by atoms with Crippen molar-refractivity contribution in [1.29, 1.82) is 0 Å². The van der Waals surface area contributed by atoms with E-state index in [2.05, 4.69) is 50.5 Å². The molecule has 0 amide bonds. The molecule has 1 fully saturated rings. The Morgan fingerprint density at radius 1 is 1.10 bits per heavy atom. The zero-order chi connectivity index (χ0) is 14.5. The van der Waals surface area contributed by atoms with E-state index in [1.807, 2.05) is 18.2 Å². The standard InChI is InChI=1S/C17H19BrN2O/c18-14-4-1-3-13(9-14)11-21-12-17-6-2-5-16(20-17)10-19-15-7-8-15/h1-6,9,15,19H,7-8,10-12H2. The Morgan fingerprint density at radius 2 is 1.90 bits per heavy atom. The molecule has 2 aromatic rings. The normalized spacial score (nSPS) is 14.3. The number of nitrogens with one attached hydrogen (secondary N) is 1. The molecule has 110 valence electrons. The first-order chi connectivity index (χ1) is 10.3. The van der Waals surface area contributed by atoms with Crippen molar-refractivity contribution in [1.82, 2.24) is 10.3 Å². The molecule has 0 saturated heterocycles. The summed E-state index contributed by atoms with van der Waals surface area (Å²) in [5.74, 6) is 0. The van der Waals surface area contributed by atoms with E-state index in [4.69, 9.17) is 4.74 Å². The molecule has 1 saturated carbocycles. The first kappa shape index (κ1) is 14.7. The minimum absolute atomic E-state index is 0.545. The van der Waals surface area contributed by atoms with Crippen LogP contribution >= 0.6 is 15.9 Å². The van der Waals surface area contributed by atoms with E-state index in [-0.39, 0.29) is 0 Å². The van der Waals surface area contributed by atoms with Gasteiger partial charge in [-0.25, -0.2) is 0 Å². The fraction of sp³-hybridized carbons (Fsp3) is 0.353. The highest BCUT2D eigenvalue weighted by atomic mass is 79.9. The average molecular weight is 347 g/mol. The summed E-state index contributed by atoms with van der Waals surface area (Å²) in [6, 6.07) is 15.0. The van der Waals surface area contributed by atoms with Gasteiger partial charge in [-0.05, 0) is 42.7 Å². The molecule has 3 nitrogen and oxygen atoms in total. The molecule has 0 spiro atoms. The van der Waals surface area contributed by atoms with Gasteiger partial charge in [-0.15, -0.1) is 0 Å². The third-order valence-electron chi connectivity index (χ3n) is 3.42. The van der Waals surface area contributed by atoms with Gasteiger partial charge in [-0.1, -0.05) is 34.1 Å². The summed E-state index contributed by atoms with van der Waals surface area (Å²) in [5, 5.41) is 3.48. The number of aromatic nitrogens is 1. The van der Waals surface area contributed by atoms with Crippen LogP contribution in [-0.2, 0) is 24.5 Å². The maximum atomic E-state index is 5.75. The summed E-state index contributed by atoms with van der Waals surface area (Å²) >= 11 is 3.47. The second-order valence-electron chi connectivity index (χ2n) is 5.40. The number of rotatable bonds is 7. The molecule has 1 aliphatic rings. The van der Waals surface area contributed by atoms with Crippen molar-refractivity contribution in [2.75, 3.05) is 0 Å². The average Bonchev–Trinajstić information content (AvgIpc) is 3.30. The van der Waals surface area contributed by atoms with Gasteiger partial charge in [0.1, 0.15) is 0 Å². The molecule has 1 heterocycles. The van der Waals surface area contributed by atoms with Gasteiger partial charge in [0.15, 0.2) is 0 Å². The van der Waals surface area contributed by atoms with Crippen molar-refractivity contribution in [2.24, 2.45) is 0 Å². The lowest BCUT2D eigenvalue weighted by Crippen LogP contribution is -2.16. The zero-order valence-corrected chi connectivity index (χ0v) is 13.5. The SMILES string of the molecule is Brc1cccc(COCc2cccc(CNC3CC3)n2)c1. The van der Waals surface area contributed by atoms with Gasteiger partial charge in [-0.3, -0.25) is 4.98 Å². The first-order valence-electron chi connectivity index (χ1n) is 7.30. The van der Waals surface area contributed by atoms with E-state index in [9.17, 15) is 0 Å². The van der Waals surface area contributed by atoms with Crippen LogP contribution in [0.1, 0.15) is 29.8 Å². The Kier molecular flexibility index (Phi) is 5.01. The van der Waals surface area contributed by atoms with Crippen molar-refractivity contribution >= 4 is 15.9 Å². The van der Waals surface area contributed by atoms with Crippen molar-refractivity contribution in [2.45, 2.75) is 38.6 Å². The minimum Gasteiger partial charge on any atom is -0.370 e. The van der Waals surface area contributed by atoms with E-state index in [1.54, 1.807) is 0 Å². The molecule has 1 N–H and O–H groups in total. The van der Waals surface area contributed by atoms with Crippen LogP contribution in [0.4, 0.5) is 0 Å². The lowest BCUT2D eigenvalue weighted by molar-refractivity contribution is 0.104. The summed E-state index contributed by atoms with van der Waals surface area (Å²) in [4.78, 5) is 4.62. The van der Waals surface area contributed by atoms with E-state index < -0.39 is 0 Å². The second-order valence-corrected chi connectivity index (χ2v) is 6.31. The molecule has 1 aromatic carbocycles. The van der Waals surface area contributed by atoms with Crippen molar-refractivity contribution < 1.29 is 4.74 Å². The molecule has 0 radical (unpaired) electrons. The molecular weight excluding hydrogens is 328 g/mol. The summed E-state index contributed by atoms with van der Waals surface area (Å²) in [6.45, 7) is 2.00. The lowest BCUT2D eigenvalue weighted by Gasteiger charge is -2.07. The Hall–Kier alpha value is -1.23. The second kappa shape index (κ2) is 7.16. The smallest absolute Gasteiger partial charge is 0.0892 e. The summed E-state index contributed by atoms with van der Waals surface area (Å²) in [7, 11) is 0. The number of hydrogen-bond acceptors (Lipinski definition) is 3. The Balaban J connectivity index is 1.49. The molecule has 4 heteroatoms. The van der Waals surface area contributed by atoms with Crippen LogP contribution in [0.5, 0.6) is 0 Å². The van der Waals surface area contributed by atoms with Crippen LogP contribution < -0.4 is 5.32 Å². The lowest BCUT2D eigenvalue weighted by atomic mass is 10.2. The number of hydrogen-bond donors (Lipinski definition) is 1. The van der Waals surface area contributed by atoms with Crippen LogP contribution in [0.3, 0.4) is 0 Å². The van der Waals surface area contributed by atoms with Crippen molar-refractivity contribution in [3.8, 4) is 0 Å². The Labute approximate surface area is 133 Å². The van der Waals surface area contributed by atoms with Gasteiger partial charge in [0, 0.05) is 17.1 Å². The number of nitrogens with zero attached hydrogens (tertiary/aromatic N) is 1. The number of benzene rings is 1. The van der Waals surface area contributed by atoms with E-state index in [0.29, 0.717) is 19.3 Å². The van der Waals surface area contributed by atoms with Crippen LogP contribution in [-0.4, -0.2) is 11.0 Å². The molecule has 0 aliphatic heterocycles. The fourth-order valence-corrected chi connectivity index (χ4v) is 2.59. The third-order valence-corrected chi connectivity index (χ3v) is 3.91. The molecular formula is C17H19BrN2O. The fourth-order valence-electron chi connectivity index (χ4n) is 2.14. The van der Waals surface area contributed by atoms with Gasteiger partial charge < -0.3 is 10.1 Å². The minimum atomic E-state index is 0.545. The van der Waals surface area contributed by atoms with Crippen molar-refractivity contribution in [3.05, 3.63) is 63.9 Å². The number of halogens is 1. The van der Waals surface area contributed by atoms with E-state index in [1.165, 1.54) is 12.8 Å². The Morgan fingerprint density at radius 3 is 2.71 bits per heavy atom. The number of ether oxygens (including phenoxy) is 1. The summed E-state index contributed by atoms with van der Waals surface area (Å²) in [5.41, 5.74) is 3.24. The van der Waals surface area contributed by atoms with Gasteiger partial charge in [0.2, 0.25) is 0 Å². The molecule has 0 bridgehead atoms. The quantitative estimate of drug-likeness (QED) is 0.827. The van der Waals surface area contributed by atoms with Crippen LogP contribution in [0.15, 0.2) is 46.9 Å². The maximum absolute atomic E-state index is 5.75. The molecule has 21 heavy (non-hydrogen) atoms. The van der Waals surface area contributed by atoms with Crippen LogP contribution in [0.2, 0.25) is 0 Å². The van der Waals surface area contributed by atoms with Gasteiger partial charge in [0.25, 0.3) is 0 Å². The highest BCUT2D eigenvalue weighted by Crippen LogP contribution is 2.19. The summed E-state index contributed by atoms with van der Waals surface area (Å²) < 4.78 is 6.83.